The van der Waals surface area contributed by atoms with E-state index in [4.69, 9.17) is 4.74 Å². The van der Waals surface area contributed by atoms with Gasteiger partial charge in [0, 0.05) is 24.0 Å². The molecule has 3 aromatic rings. The molecule has 4 rings (SSSR count). The van der Waals surface area contributed by atoms with Crippen LogP contribution in [0.15, 0.2) is 73.1 Å². The number of nitrogens with one attached hydrogen (secondary N) is 2. The summed E-state index contributed by atoms with van der Waals surface area (Å²) in [7, 11) is 0. The summed E-state index contributed by atoms with van der Waals surface area (Å²) in [4.78, 5) is 28.5. The second-order valence-electron chi connectivity index (χ2n) is 7.71. The van der Waals surface area contributed by atoms with Crippen LogP contribution < -0.4 is 15.4 Å². The highest BCUT2D eigenvalue weighted by atomic mass is 16.5. The summed E-state index contributed by atoms with van der Waals surface area (Å²) in [5, 5.41) is 5.91. The van der Waals surface area contributed by atoms with Crippen LogP contribution in [0, 0.1) is 0 Å². The van der Waals surface area contributed by atoms with E-state index < -0.39 is 0 Å². The van der Waals surface area contributed by atoms with E-state index in [-0.39, 0.29) is 24.5 Å². The first-order chi connectivity index (χ1) is 15.1. The van der Waals surface area contributed by atoms with Gasteiger partial charge in [-0.05, 0) is 72.9 Å². The fraction of sp³-hybridized carbons (Fsp3) is 0.240. The summed E-state index contributed by atoms with van der Waals surface area (Å²) >= 11 is 0. The van der Waals surface area contributed by atoms with Gasteiger partial charge in [0.2, 0.25) is 0 Å². The van der Waals surface area contributed by atoms with E-state index in [2.05, 4.69) is 15.6 Å². The third-order valence-corrected chi connectivity index (χ3v) is 5.18. The number of aromatic nitrogens is 1. The molecule has 0 aliphatic heterocycles. The standard InChI is InChI=1S/C25H25N3O3/c1-17(21-3-2-4-23(15-21)31-16-24(29)28-22-9-10-22)27-25(30)20-7-5-18(6-8-20)19-11-13-26-14-12-19/h2-8,11-15,17,22H,9-10,16H2,1H3,(H,27,30)(H,28,29). The Morgan fingerprint density at radius 1 is 1.03 bits per heavy atom. The van der Waals surface area contributed by atoms with Crippen LogP contribution >= 0.6 is 0 Å². The Labute approximate surface area is 181 Å². The van der Waals surface area contributed by atoms with Crippen LogP contribution in [0.25, 0.3) is 11.1 Å². The smallest absolute Gasteiger partial charge is 0.258 e. The molecule has 1 aliphatic rings. The highest BCUT2D eigenvalue weighted by Crippen LogP contribution is 2.22. The number of rotatable bonds is 8. The van der Waals surface area contributed by atoms with Crippen LogP contribution in [0.2, 0.25) is 0 Å². The molecule has 0 bridgehead atoms. The Hall–Kier alpha value is -3.67. The largest absolute Gasteiger partial charge is 0.484 e. The van der Waals surface area contributed by atoms with Crippen LogP contribution in [0.4, 0.5) is 0 Å². The normalized spacial score (nSPS) is 13.8. The van der Waals surface area contributed by atoms with Gasteiger partial charge in [0.1, 0.15) is 5.75 Å². The summed E-state index contributed by atoms with van der Waals surface area (Å²) in [6, 6.07) is 18.9. The van der Waals surface area contributed by atoms with Crippen molar-refractivity contribution in [1.82, 2.24) is 15.6 Å². The predicted molar refractivity (Wildman–Crippen MR) is 119 cm³/mol. The van der Waals surface area contributed by atoms with E-state index in [1.54, 1.807) is 18.5 Å². The number of hydrogen-bond acceptors (Lipinski definition) is 4. The molecular formula is C25H25N3O3. The average molecular weight is 415 g/mol. The minimum Gasteiger partial charge on any atom is -0.484 e. The summed E-state index contributed by atoms with van der Waals surface area (Å²) in [5.74, 6) is 0.347. The van der Waals surface area contributed by atoms with Crippen LogP contribution in [-0.4, -0.2) is 29.4 Å². The molecule has 158 valence electrons. The maximum atomic E-state index is 12.7. The molecule has 6 nitrogen and oxygen atoms in total. The molecule has 1 unspecified atom stereocenters. The molecule has 0 spiro atoms. The van der Waals surface area contributed by atoms with Crippen LogP contribution in [0.5, 0.6) is 5.75 Å². The van der Waals surface area contributed by atoms with Gasteiger partial charge in [-0.15, -0.1) is 0 Å². The lowest BCUT2D eigenvalue weighted by atomic mass is 10.0. The number of carbonyl (C=O) groups is 2. The van der Waals surface area contributed by atoms with Crippen molar-refractivity contribution < 1.29 is 14.3 Å². The highest BCUT2D eigenvalue weighted by molar-refractivity contribution is 5.95. The van der Waals surface area contributed by atoms with Gasteiger partial charge in [-0.25, -0.2) is 0 Å². The van der Waals surface area contributed by atoms with E-state index >= 15 is 0 Å². The van der Waals surface area contributed by atoms with Gasteiger partial charge < -0.3 is 15.4 Å². The zero-order valence-corrected chi connectivity index (χ0v) is 17.4. The minimum atomic E-state index is -0.212. The lowest BCUT2D eigenvalue weighted by Gasteiger charge is -2.16. The zero-order valence-electron chi connectivity index (χ0n) is 17.4. The predicted octanol–water partition coefficient (Wildman–Crippen LogP) is 3.90. The molecule has 1 aromatic heterocycles. The second kappa shape index (κ2) is 9.43. The molecule has 0 saturated heterocycles. The summed E-state index contributed by atoms with van der Waals surface area (Å²) < 4.78 is 5.60. The summed E-state index contributed by atoms with van der Waals surface area (Å²) in [5.41, 5.74) is 3.58. The molecule has 31 heavy (non-hydrogen) atoms. The summed E-state index contributed by atoms with van der Waals surface area (Å²) in [6.45, 7) is 1.91. The van der Waals surface area contributed by atoms with Crippen LogP contribution in [0.1, 0.15) is 41.7 Å². The van der Waals surface area contributed by atoms with Crippen molar-refractivity contribution >= 4 is 11.8 Å². The van der Waals surface area contributed by atoms with E-state index in [0.717, 1.165) is 29.5 Å². The van der Waals surface area contributed by atoms with Crippen molar-refractivity contribution in [3.8, 4) is 16.9 Å². The SMILES string of the molecule is CC(NC(=O)c1ccc(-c2ccncc2)cc1)c1cccc(OCC(=O)NC2CC2)c1. The number of amides is 2. The molecule has 6 heteroatoms. The van der Waals surface area contributed by atoms with Crippen molar-refractivity contribution in [2.45, 2.75) is 31.8 Å². The Morgan fingerprint density at radius 2 is 1.74 bits per heavy atom. The number of hydrogen-bond donors (Lipinski definition) is 2. The van der Waals surface area contributed by atoms with Crippen molar-refractivity contribution in [3.05, 3.63) is 84.2 Å². The fourth-order valence-corrected chi connectivity index (χ4v) is 3.24. The number of ether oxygens (including phenoxy) is 1. The van der Waals surface area contributed by atoms with Gasteiger partial charge in [0.25, 0.3) is 11.8 Å². The number of nitrogens with zero attached hydrogens (tertiary/aromatic N) is 1. The lowest BCUT2D eigenvalue weighted by molar-refractivity contribution is -0.123. The maximum absolute atomic E-state index is 12.7. The highest BCUT2D eigenvalue weighted by Gasteiger charge is 2.23. The third-order valence-electron chi connectivity index (χ3n) is 5.18. The van der Waals surface area contributed by atoms with Gasteiger partial charge in [-0.2, -0.15) is 0 Å². The Kier molecular flexibility index (Phi) is 6.26. The topological polar surface area (TPSA) is 80.3 Å². The Bertz CT molecular complexity index is 1050. The Balaban J connectivity index is 1.34. The number of carbonyl (C=O) groups excluding carboxylic acids is 2. The van der Waals surface area contributed by atoms with Crippen LogP contribution in [0.3, 0.4) is 0 Å². The molecule has 1 atom stereocenters. The van der Waals surface area contributed by atoms with Crippen molar-refractivity contribution in [2.75, 3.05) is 6.61 Å². The quantitative estimate of drug-likeness (QED) is 0.585. The minimum absolute atomic E-state index is 0.00941. The first-order valence-electron chi connectivity index (χ1n) is 10.4. The van der Waals surface area contributed by atoms with Gasteiger partial charge in [0.05, 0.1) is 6.04 Å². The van der Waals surface area contributed by atoms with Crippen LogP contribution in [-0.2, 0) is 4.79 Å². The molecule has 1 saturated carbocycles. The lowest BCUT2D eigenvalue weighted by Crippen LogP contribution is -2.30. The van der Waals surface area contributed by atoms with Gasteiger partial charge >= 0.3 is 0 Å². The van der Waals surface area contributed by atoms with Crippen molar-refractivity contribution in [3.63, 3.8) is 0 Å². The van der Waals surface area contributed by atoms with Gasteiger partial charge in [-0.1, -0.05) is 24.3 Å². The fourth-order valence-electron chi connectivity index (χ4n) is 3.24. The van der Waals surface area contributed by atoms with Crippen molar-refractivity contribution in [2.24, 2.45) is 0 Å². The molecule has 1 aliphatic carbocycles. The second-order valence-corrected chi connectivity index (χ2v) is 7.71. The molecule has 2 N–H and O–H groups in total. The molecular weight excluding hydrogens is 390 g/mol. The van der Waals surface area contributed by atoms with Gasteiger partial charge in [-0.3, -0.25) is 14.6 Å². The molecule has 2 aromatic carbocycles. The van der Waals surface area contributed by atoms with Gasteiger partial charge in [0.15, 0.2) is 6.61 Å². The van der Waals surface area contributed by atoms with E-state index in [1.807, 2.05) is 61.5 Å². The average Bonchev–Trinajstić information content (AvgIpc) is 3.62. The third kappa shape index (κ3) is 5.69. The number of pyridine rings is 1. The number of benzene rings is 2. The zero-order chi connectivity index (χ0) is 21.6. The summed E-state index contributed by atoms with van der Waals surface area (Å²) in [6.07, 6.45) is 5.58. The maximum Gasteiger partial charge on any atom is 0.258 e. The monoisotopic (exact) mass is 415 g/mol. The molecule has 2 amide bonds. The van der Waals surface area contributed by atoms with Crippen molar-refractivity contribution in [1.29, 1.82) is 0 Å². The molecule has 0 radical (unpaired) electrons. The van der Waals surface area contributed by atoms with E-state index in [1.165, 1.54) is 0 Å². The molecule has 1 fully saturated rings. The van der Waals surface area contributed by atoms with E-state index in [9.17, 15) is 9.59 Å². The first-order valence-corrected chi connectivity index (χ1v) is 10.4. The van der Waals surface area contributed by atoms with E-state index in [0.29, 0.717) is 17.4 Å². The molecule has 1 heterocycles. The Morgan fingerprint density at radius 3 is 2.45 bits per heavy atom. The first kappa shape index (κ1) is 20.6.